The third kappa shape index (κ3) is 3.71. The van der Waals surface area contributed by atoms with E-state index in [9.17, 15) is 4.79 Å². The van der Waals surface area contributed by atoms with E-state index in [1.54, 1.807) is 0 Å². The fourth-order valence-electron chi connectivity index (χ4n) is 3.75. The van der Waals surface area contributed by atoms with Gasteiger partial charge < -0.3 is 4.74 Å². The molecule has 0 unspecified atom stereocenters. The Morgan fingerprint density at radius 3 is 2.42 bits per heavy atom. The third-order valence-electron chi connectivity index (χ3n) is 5.01. The zero-order chi connectivity index (χ0) is 13.7. The van der Waals surface area contributed by atoms with Crippen LogP contribution in [0.3, 0.4) is 0 Å². The van der Waals surface area contributed by atoms with Gasteiger partial charge in [0.1, 0.15) is 0 Å². The topological polar surface area (TPSA) is 29.5 Å². The molecule has 0 N–H and O–H groups in total. The average molecular weight is 267 g/mol. The highest BCUT2D eigenvalue weighted by Gasteiger charge is 2.41. The van der Waals surface area contributed by atoms with Gasteiger partial charge in [0.2, 0.25) is 0 Å². The fraction of sp³-hybridized carbons (Fsp3) is 0.938. The van der Waals surface area contributed by atoms with Gasteiger partial charge in [-0.25, -0.2) is 0 Å². The number of likely N-dealkylation sites (tertiary alicyclic amines) is 1. The first kappa shape index (κ1) is 14.8. The van der Waals surface area contributed by atoms with Crippen LogP contribution in [0.1, 0.15) is 65.2 Å². The fourth-order valence-corrected chi connectivity index (χ4v) is 3.75. The van der Waals surface area contributed by atoms with Crippen LogP contribution < -0.4 is 0 Å². The second-order valence-corrected chi connectivity index (χ2v) is 6.44. The van der Waals surface area contributed by atoms with Gasteiger partial charge in [0.05, 0.1) is 13.0 Å². The van der Waals surface area contributed by atoms with Crippen molar-refractivity contribution >= 4 is 5.97 Å². The first-order valence-electron chi connectivity index (χ1n) is 8.07. The summed E-state index contributed by atoms with van der Waals surface area (Å²) in [6.07, 6.45) is 9.40. The molecule has 0 amide bonds. The van der Waals surface area contributed by atoms with E-state index >= 15 is 0 Å². The predicted molar refractivity (Wildman–Crippen MR) is 77.0 cm³/mol. The molecule has 0 spiro atoms. The lowest BCUT2D eigenvalue weighted by molar-refractivity contribution is -0.148. The number of ether oxygens (including phenoxy) is 1. The van der Waals surface area contributed by atoms with Crippen molar-refractivity contribution in [2.75, 3.05) is 19.7 Å². The summed E-state index contributed by atoms with van der Waals surface area (Å²) in [5.41, 5.74) is 0.110. The number of hydrogen-bond donors (Lipinski definition) is 0. The van der Waals surface area contributed by atoms with Crippen LogP contribution >= 0.6 is 0 Å². The molecule has 1 saturated carbocycles. The van der Waals surface area contributed by atoms with E-state index in [2.05, 4.69) is 11.8 Å². The molecule has 2 aliphatic rings. The average Bonchev–Trinajstić information content (AvgIpc) is 2.43. The number of carbonyl (C=O) groups is 1. The maximum Gasteiger partial charge on any atom is 0.307 e. The van der Waals surface area contributed by atoms with Crippen LogP contribution in [0.5, 0.6) is 0 Å². The molecular weight excluding hydrogens is 238 g/mol. The molecular formula is C16H29NO2. The first-order chi connectivity index (χ1) is 9.16. The number of nitrogens with zero attached hydrogens (tertiary/aromatic N) is 1. The molecule has 19 heavy (non-hydrogen) atoms. The van der Waals surface area contributed by atoms with Gasteiger partial charge in [-0.1, -0.05) is 13.3 Å². The summed E-state index contributed by atoms with van der Waals surface area (Å²) in [6, 6.07) is 0. The van der Waals surface area contributed by atoms with E-state index in [1.807, 2.05) is 6.92 Å². The minimum atomic E-state index is 0.00243. The van der Waals surface area contributed by atoms with E-state index in [4.69, 9.17) is 4.74 Å². The molecule has 1 aliphatic carbocycles. The zero-order valence-electron chi connectivity index (χ0n) is 12.6. The van der Waals surface area contributed by atoms with E-state index in [0.717, 1.165) is 5.92 Å². The summed E-state index contributed by atoms with van der Waals surface area (Å²) in [4.78, 5) is 14.6. The number of esters is 1. The Labute approximate surface area is 117 Å². The SMILES string of the molecule is CCOC(=O)CC1(N2CCCCC2)CCC(C)CC1. The summed E-state index contributed by atoms with van der Waals surface area (Å²) < 4.78 is 5.22. The number of rotatable bonds is 4. The molecule has 110 valence electrons. The van der Waals surface area contributed by atoms with Gasteiger partial charge in [0.25, 0.3) is 0 Å². The van der Waals surface area contributed by atoms with Gasteiger partial charge >= 0.3 is 5.97 Å². The quantitative estimate of drug-likeness (QED) is 0.731. The Hall–Kier alpha value is -0.570. The van der Waals surface area contributed by atoms with Gasteiger partial charge in [-0.15, -0.1) is 0 Å². The van der Waals surface area contributed by atoms with Crippen molar-refractivity contribution in [2.24, 2.45) is 5.92 Å². The number of hydrogen-bond acceptors (Lipinski definition) is 3. The molecule has 3 heteroatoms. The van der Waals surface area contributed by atoms with Crippen molar-refractivity contribution in [1.82, 2.24) is 4.90 Å². The van der Waals surface area contributed by atoms with E-state index in [-0.39, 0.29) is 11.5 Å². The summed E-state index contributed by atoms with van der Waals surface area (Å²) in [7, 11) is 0. The van der Waals surface area contributed by atoms with Crippen LogP contribution in [-0.2, 0) is 9.53 Å². The van der Waals surface area contributed by atoms with Crippen LogP contribution in [-0.4, -0.2) is 36.1 Å². The van der Waals surface area contributed by atoms with Crippen LogP contribution in [0, 0.1) is 5.92 Å². The van der Waals surface area contributed by atoms with E-state index in [1.165, 1.54) is 58.0 Å². The van der Waals surface area contributed by atoms with E-state index < -0.39 is 0 Å². The summed E-state index contributed by atoms with van der Waals surface area (Å²) in [5, 5.41) is 0. The monoisotopic (exact) mass is 267 g/mol. The predicted octanol–water partition coefficient (Wildman–Crippen LogP) is 3.37. The Morgan fingerprint density at radius 1 is 1.21 bits per heavy atom. The Balaban J connectivity index is 2.05. The summed E-state index contributed by atoms with van der Waals surface area (Å²) in [5.74, 6) is 0.822. The van der Waals surface area contributed by atoms with Gasteiger partial charge in [-0.3, -0.25) is 9.69 Å². The number of carbonyl (C=O) groups excluding carboxylic acids is 1. The van der Waals surface area contributed by atoms with Crippen LogP contribution in [0.15, 0.2) is 0 Å². The largest absolute Gasteiger partial charge is 0.466 e. The molecule has 0 bridgehead atoms. The molecule has 1 saturated heterocycles. The van der Waals surface area contributed by atoms with Crippen molar-refractivity contribution in [2.45, 2.75) is 70.8 Å². The molecule has 0 aromatic rings. The van der Waals surface area contributed by atoms with Crippen LogP contribution in [0.2, 0.25) is 0 Å². The van der Waals surface area contributed by atoms with Crippen LogP contribution in [0.25, 0.3) is 0 Å². The maximum atomic E-state index is 12.0. The molecule has 3 nitrogen and oxygen atoms in total. The zero-order valence-corrected chi connectivity index (χ0v) is 12.6. The van der Waals surface area contributed by atoms with Gasteiger partial charge in [0.15, 0.2) is 0 Å². The second-order valence-electron chi connectivity index (χ2n) is 6.44. The van der Waals surface area contributed by atoms with Gasteiger partial charge in [-0.2, -0.15) is 0 Å². The third-order valence-corrected chi connectivity index (χ3v) is 5.01. The van der Waals surface area contributed by atoms with Crippen molar-refractivity contribution < 1.29 is 9.53 Å². The minimum absolute atomic E-state index is 0.00243. The maximum absolute atomic E-state index is 12.0. The highest BCUT2D eigenvalue weighted by atomic mass is 16.5. The Morgan fingerprint density at radius 2 is 1.84 bits per heavy atom. The Bertz CT molecular complexity index is 289. The van der Waals surface area contributed by atoms with Gasteiger partial charge in [0, 0.05) is 5.54 Å². The molecule has 1 aliphatic heterocycles. The highest BCUT2D eigenvalue weighted by molar-refractivity contribution is 5.71. The first-order valence-corrected chi connectivity index (χ1v) is 8.07. The lowest BCUT2D eigenvalue weighted by Crippen LogP contribution is -2.54. The molecule has 2 rings (SSSR count). The molecule has 0 aromatic heterocycles. The smallest absolute Gasteiger partial charge is 0.307 e. The minimum Gasteiger partial charge on any atom is -0.466 e. The Kier molecular flexibility index (Phi) is 5.26. The highest BCUT2D eigenvalue weighted by Crippen LogP contribution is 2.40. The molecule has 0 atom stereocenters. The lowest BCUT2D eigenvalue weighted by Gasteiger charge is -2.49. The lowest BCUT2D eigenvalue weighted by atomic mass is 9.73. The molecule has 1 heterocycles. The summed E-state index contributed by atoms with van der Waals surface area (Å²) in [6.45, 7) is 7.09. The normalized spacial score (nSPS) is 33.1. The molecule has 2 fully saturated rings. The standard InChI is InChI=1S/C16H29NO2/c1-3-19-15(18)13-16(9-7-14(2)8-10-16)17-11-5-4-6-12-17/h14H,3-13H2,1-2H3. The van der Waals surface area contributed by atoms with Gasteiger partial charge in [-0.05, 0) is 64.5 Å². The second kappa shape index (κ2) is 6.74. The van der Waals surface area contributed by atoms with Crippen molar-refractivity contribution in [1.29, 1.82) is 0 Å². The molecule has 0 aromatic carbocycles. The number of piperidine rings is 1. The molecule has 0 radical (unpaired) electrons. The van der Waals surface area contributed by atoms with Crippen molar-refractivity contribution in [3.63, 3.8) is 0 Å². The van der Waals surface area contributed by atoms with Crippen molar-refractivity contribution in [3.8, 4) is 0 Å². The van der Waals surface area contributed by atoms with Crippen LogP contribution in [0.4, 0.5) is 0 Å². The summed E-state index contributed by atoms with van der Waals surface area (Å²) >= 11 is 0. The van der Waals surface area contributed by atoms with E-state index in [0.29, 0.717) is 13.0 Å². The van der Waals surface area contributed by atoms with Crippen molar-refractivity contribution in [3.05, 3.63) is 0 Å².